The minimum atomic E-state index is -0.383. The van der Waals surface area contributed by atoms with Crippen LogP contribution in [0, 0.1) is 6.92 Å². The van der Waals surface area contributed by atoms with Gasteiger partial charge in [-0.05, 0) is 42.8 Å². The third-order valence-electron chi connectivity index (χ3n) is 3.36. The Balaban J connectivity index is 2.19. The lowest BCUT2D eigenvalue weighted by molar-refractivity contribution is 0.0603. The van der Waals surface area contributed by atoms with E-state index in [0.717, 1.165) is 26.9 Å². The van der Waals surface area contributed by atoms with Gasteiger partial charge < -0.3 is 9.72 Å². The number of benzene rings is 2. The minimum Gasteiger partial charge on any atom is -0.465 e. The van der Waals surface area contributed by atoms with E-state index < -0.39 is 0 Å². The number of hydrogen-bond acceptors (Lipinski definition) is 3. The molecule has 5 heteroatoms. The van der Waals surface area contributed by atoms with Crippen LogP contribution in [0.2, 0.25) is 0 Å². The minimum absolute atomic E-state index is 0.383. The van der Waals surface area contributed by atoms with Crippen molar-refractivity contribution in [2.45, 2.75) is 6.92 Å². The number of carbonyl (C=O) groups is 1. The summed E-state index contributed by atoms with van der Waals surface area (Å²) in [5.41, 5.74) is 4.01. The maximum absolute atomic E-state index is 11.8. The van der Waals surface area contributed by atoms with Crippen molar-refractivity contribution < 1.29 is 9.53 Å². The Morgan fingerprint density at radius 3 is 2.81 bits per heavy atom. The summed E-state index contributed by atoms with van der Waals surface area (Å²) in [5, 5.41) is 0. The molecule has 0 fully saturated rings. The van der Waals surface area contributed by atoms with Crippen LogP contribution in [0.4, 0.5) is 0 Å². The zero-order valence-corrected chi connectivity index (χ0v) is 13.2. The molecule has 0 aliphatic carbocycles. The molecule has 3 aromatic rings. The van der Waals surface area contributed by atoms with E-state index in [1.807, 2.05) is 37.3 Å². The molecule has 1 N–H and O–H groups in total. The van der Waals surface area contributed by atoms with Crippen LogP contribution in [0.1, 0.15) is 15.9 Å². The van der Waals surface area contributed by atoms with Crippen molar-refractivity contribution in [3.63, 3.8) is 0 Å². The zero-order chi connectivity index (χ0) is 15.0. The number of nitrogens with one attached hydrogen (secondary N) is 1. The number of methoxy groups -OCH3 is 1. The van der Waals surface area contributed by atoms with Crippen molar-refractivity contribution in [2.24, 2.45) is 0 Å². The molecule has 4 nitrogen and oxygen atoms in total. The van der Waals surface area contributed by atoms with Crippen molar-refractivity contribution in [2.75, 3.05) is 7.11 Å². The Morgan fingerprint density at radius 2 is 2.10 bits per heavy atom. The van der Waals surface area contributed by atoms with E-state index in [-0.39, 0.29) is 5.97 Å². The number of aromatic nitrogens is 2. The number of imidazole rings is 1. The van der Waals surface area contributed by atoms with E-state index in [4.69, 9.17) is 4.74 Å². The molecule has 0 amide bonds. The molecule has 0 saturated heterocycles. The summed E-state index contributed by atoms with van der Waals surface area (Å²) in [5.74, 6) is 0.359. The molecule has 0 unspecified atom stereocenters. The summed E-state index contributed by atoms with van der Waals surface area (Å²) in [6, 6.07) is 11.4. The van der Waals surface area contributed by atoms with Crippen LogP contribution in [0.15, 0.2) is 40.9 Å². The fourth-order valence-corrected chi connectivity index (χ4v) is 2.80. The molecule has 21 heavy (non-hydrogen) atoms. The van der Waals surface area contributed by atoms with Crippen LogP contribution in [-0.4, -0.2) is 23.0 Å². The van der Waals surface area contributed by atoms with Crippen LogP contribution in [0.25, 0.3) is 22.4 Å². The quantitative estimate of drug-likeness (QED) is 0.712. The maximum Gasteiger partial charge on any atom is 0.340 e. The zero-order valence-electron chi connectivity index (χ0n) is 11.6. The molecular formula is C16H13BrN2O2. The average Bonchev–Trinajstić information content (AvgIpc) is 2.89. The topological polar surface area (TPSA) is 55.0 Å². The van der Waals surface area contributed by atoms with Crippen LogP contribution in [0.3, 0.4) is 0 Å². The fourth-order valence-electron chi connectivity index (χ4n) is 2.33. The number of halogens is 1. The highest BCUT2D eigenvalue weighted by Crippen LogP contribution is 2.27. The van der Waals surface area contributed by atoms with Crippen LogP contribution in [-0.2, 0) is 4.74 Å². The largest absolute Gasteiger partial charge is 0.465 e. The number of nitrogens with zero attached hydrogens (tertiary/aromatic N) is 1. The van der Waals surface area contributed by atoms with Crippen molar-refractivity contribution in [3.8, 4) is 11.4 Å². The number of rotatable bonds is 2. The second kappa shape index (κ2) is 5.33. The Kier molecular flexibility index (Phi) is 3.51. The molecule has 1 heterocycles. The van der Waals surface area contributed by atoms with Gasteiger partial charge in [-0.2, -0.15) is 0 Å². The second-order valence-corrected chi connectivity index (χ2v) is 5.65. The van der Waals surface area contributed by atoms with Gasteiger partial charge in [0.1, 0.15) is 11.3 Å². The first-order valence-corrected chi connectivity index (χ1v) is 7.23. The summed E-state index contributed by atoms with van der Waals surface area (Å²) in [4.78, 5) is 19.6. The normalized spacial score (nSPS) is 10.8. The standard InChI is InChI=1S/C16H13BrN2O2/c1-9-8-10(17)6-7-11(9)15-18-13-5-3-4-12(14(13)19-15)16(20)21-2/h3-8H,1-2H3,(H,18,19). The first kappa shape index (κ1) is 13.8. The molecule has 2 aromatic carbocycles. The summed E-state index contributed by atoms with van der Waals surface area (Å²) in [6.45, 7) is 2.02. The number of fused-ring (bicyclic) bond motifs is 1. The molecule has 0 spiro atoms. The number of carbonyl (C=O) groups excluding carboxylic acids is 1. The lowest BCUT2D eigenvalue weighted by atomic mass is 10.1. The first-order chi connectivity index (χ1) is 10.1. The van der Waals surface area contributed by atoms with Gasteiger partial charge in [0.25, 0.3) is 0 Å². The second-order valence-electron chi connectivity index (χ2n) is 4.74. The Labute approximate surface area is 130 Å². The Hall–Kier alpha value is -2.14. The third kappa shape index (κ3) is 2.45. The number of aromatic amines is 1. The molecule has 0 radical (unpaired) electrons. The van der Waals surface area contributed by atoms with Crippen LogP contribution in [0.5, 0.6) is 0 Å². The molecule has 0 atom stereocenters. The van der Waals surface area contributed by atoms with Gasteiger partial charge in [-0.1, -0.05) is 22.0 Å². The lowest BCUT2D eigenvalue weighted by Crippen LogP contribution is -2.01. The molecular weight excluding hydrogens is 332 g/mol. The molecule has 106 valence electrons. The Bertz CT molecular complexity index is 839. The van der Waals surface area contributed by atoms with Crippen molar-refractivity contribution in [1.82, 2.24) is 9.97 Å². The smallest absolute Gasteiger partial charge is 0.340 e. The molecule has 3 rings (SSSR count). The van der Waals surface area contributed by atoms with Gasteiger partial charge in [-0.15, -0.1) is 0 Å². The lowest BCUT2D eigenvalue weighted by Gasteiger charge is -2.02. The summed E-state index contributed by atoms with van der Waals surface area (Å²) in [6.07, 6.45) is 0. The SMILES string of the molecule is COC(=O)c1cccc2[nH]c(-c3ccc(Br)cc3C)nc12. The molecule has 0 bridgehead atoms. The maximum atomic E-state index is 11.8. The number of aryl methyl sites for hydroxylation is 1. The van der Waals surface area contributed by atoms with E-state index in [1.54, 1.807) is 6.07 Å². The number of H-pyrrole nitrogens is 1. The van der Waals surface area contributed by atoms with Crippen LogP contribution >= 0.6 is 15.9 Å². The van der Waals surface area contributed by atoms with Crippen molar-refractivity contribution in [3.05, 3.63) is 52.0 Å². The van der Waals surface area contributed by atoms with Gasteiger partial charge in [0.15, 0.2) is 0 Å². The van der Waals surface area contributed by atoms with Crippen molar-refractivity contribution in [1.29, 1.82) is 0 Å². The molecule has 0 saturated carbocycles. The fraction of sp³-hybridized carbons (Fsp3) is 0.125. The van der Waals surface area contributed by atoms with Gasteiger partial charge in [-0.25, -0.2) is 9.78 Å². The summed E-state index contributed by atoms with van der Waals surface area (Å²) in [7, 11) is 1.37. The highest BCUT2D eigenvalue weighted by atomic mass is 79.9. The van der Waals surface area contributed by atoms with Crippen molar-refractivity contribution >= 4 is 32.9 Å². The predicted octanol–water partition coefficient (Wildman–Crippen LogP) is 4.09. The predicted molar refractivity (Wildman–Crippen MR) is 85.3 cm³/mol. The summed E-state index contributed by atoms with van der Waals surface area (Å²) >= 11 is 3.45. The highest BCUT2D eigenvalue weighted by molar-refractivity contribution is 9.10. The molecule has 1 aromatic heterocycles. The Morgan fingerprint density at radius 1 is 1.29 bits per heavy atom. The van der Waals surface area contributed by atoms with Gasteiger partial charge in [-0.3, -0.25) is 0 Å². The average molecular weight is 345 g/mol. The van der Waals surface area contributed by atoms with Gasteiger partial charge in [0.2, 0.25) is 0 Å². The summed E-state index contributed by atoms with van der Waals surface area (Å²) < 4.78 is 5.82. The van der Waals surface area contributed by atoms with Gasteiger partial charge in [0.05, 0.1) is 18.2 Å². The number of para-hydroxylation sites is 1. The number of hydrogen-bond donors (Lipinski definition) is 1. The van der Waals surface area contributed by atoms with Gasteiger partial charge in [0, 0.05) is 10.0 Å². The number of ether oxygens (including phenoxy) is 1. The molecule has 0 aliphatic rings. The monoisotopic (exact) mass is 344 g/mol. The van der Waals surface area contributed by atoms with E-state index in [1.165, 1.54) is 7.11 Å². The van der Waals surface area contributed by atoms with E-state index in [9.17, 15) is 4.79 Å². The van der Waals surface area contributed by atoms with E-state index in [2.05, 4.69) is 25.9 Å². The van der Waals surface area contributed by atoms with E-state index >= 15 is 0 Å². The third-order valence-corrected chi connectivity index (χ3v) is 3.85. The van der Waals surface area contributed by atoms with Gasteiger partial charge >= 0.3 is 5.97 Å². The highest BCUT2D eigenvalue weighted by Gasteiger charge is 2.15. The number of esters is 1. The molecule has 0 aliphatic heterocycles. The van der Waals surface area contributed by atoms with Crippen LogP contribution < -0.4 is 0 Å². The van der Waals surface area contributed by atoms with E-state index in [0.29, 0.717) is 11.1 Å². The first-order valence-electron chi connectivity index (χ1n) is 6.43.